The third kappa shape index (κ3) is 3.16. The van der Waals surface area contributed by atoms with Crippen molar-refractivity contribution in [1.82, 2.24) is 10.3 Å². The van der Waals surface area contributed by atoms with Gasteiger partial charge in [-0.1, -0.05) is 0 Å². The predicted octanol–water partition coefficient (Wildman–Crippen LogP) is 3.98. The summed E-state index contributed by atoms with van der Waals surface area (Å²) in [6.45, 7) is 2.04. The number of thiazole rings is 1. The van der Waals surface area contributed by atoms with E-state index in [1.165, 1.54) is 6.07 Å². The maximum Gasteiger partial charge on any atom is 0.159 e. The van der Waals surface area contributed by atoms with Crippen LogP contribution < -0.4 is 5.32 Å². The molecule has 2 nitrogen and oxygen atoms in total. The molecule has 1 aliphatic heterocycles. The van der Waals surface area contributed by atoms with Gasteiger partial charge >= 0.3 is 0 Å². The summed E-state index contributed by atoms with van der Waals surface area (Å²) in [6.07, 6.45) is 2.18. The maximum absolute atomic E-state index is 13.2. The van der Waals surface area contributed by atoms with Crippen LogP contribution in [0.5, 0.6) is 0 Å². The number of aromatic nitrogens is 1. The van der Waals surface area contributed by atoms with Crippen molar-refractivity contribution in [3.05, 3.63) is 40.2 Å². The number of piperidine rings is 1. The Kier molecular flexibility index (Phi) is 5.07. The van der Waals surface area contributed by atoms with E-state index < -0.39 is 11.6 Å². The van der Waals surface area contributed by atoms with E-state index in [-0.39, 0.29) is 12.4 Å². The van der Waals surface area contributed by atoms with Gasteiger partial charge in [0.15, 0.2) is 11.6 Å². The molecule has 0 radical (unpaired) electrons. The Morgan fingerprint density at radius 1 is 1.15 bits per heavy atom. The van der Waals surface area contributed by atoms with Gasteiger partial charge in [0.2, 0.25) is 0 Å². The third-order valence-electron chi connectivity index (χ3n) is 3.43. The average Bonchev–Trinajstić information content (AvgIpc) is 2.93. The van der Waals surface area contributed by atoms with Crippen LogP contribution in [0.1, 0.15) is 23.8 Å². The van der Waals surface area contributed by atoms with E-state index in [0.29, 0.717) is 11.5 Å². The van der Waals surface area contributed by atoms with E-state index in [9.17, 15) is 8.78 Å². The zero-order valence-electron chi connectivity index (χ0n) is 10.7. The molecule has 1 aromatic carbocycles. The lowest BCUT2D eigenvalue weighted by Gasteiger charge is -2.20. The molecule has 1 saturated heterocycles. The van der Waals surface area contributed by atoms with Crippen molar-refractivity contribution >= 4 is 23.7 Å². The average molecular weight is 317 g/mol. The Morgan fingerprint density at radius 2 is 1.90 bits per heavy atom. The highest BCUT2D eigenvalue weighted by Gasteiger charge is 2.19. The lowest BCUT2D eigenvalue weighted by Crippen LogP contribution is -2.26. The van der Waals surface area contributed by atoms with E-state index in [1.807, 2.05) is 5.38 Å². The smallest absolute Gasteiger partial charge is 0.159 e. The fourth-order valence-corrected chi connectivity index (χ4v) is 3.33. The summed E-state index contributed by atoms with van der Waals surface area (Å²) in [6, 6.07) is 3.92. The summed E-state index contributed by atoms with van der Waals surface area (Å²) in [5, 5.41) is 6.34. The minimum atomic E-state index is -0.825. The molecule has 0 bridgehead atoms. The van der Waals surface area contributed by atoms with Crippen LogP contribution >= 0.6 is 23.7 Å². The van der Waals surface area contributed by atoms with Crippen LogP contribution in [0.25, 0.3) is 11.3 Å². The van der Waals surface area contributed by atoms with Gasteiger partial charge in [0, 0.05) is 16.9 Å². The summed E-state index contributed by atoms with van der Waals surface area (Å²) in [5.41, 5.74) is 1.37. The molecule has 2 heterocycles. The molecule has 20 heavy (non-hydrogen) atoms. The largest absolute Gasteiger partial charge is 0.317 e. The Morgan fingerprint density at radius 3 is 2.60 bits per heavy atom. The van der Waals surface area contributed by atoms with Crippen molar-refractivity contribution in [2.75, 3.05) is 13.1 Å². The van der Waals surface area contributed by atoms with Crippen LogP contribution in [0.15, 0.2) is 23.6 Å². The van der Waals surface area contributed by atoms with Gasteiger partial charge in [0.1, 0.15) is 0 Å². The molecule has 2 aromatic rings. The molecule has 1 aromatic heterocycles. The summed E-state index contributed by atoms with van der Waals surface area (Å²) in [5.74, 6) is -1.16. The fourth-order valence-electron chi connectivity index (χ4n) is 2.33. The number of halogens is 3. The highest BCUT2D eigenvalue weighted by Crippen LogP contribution is 2.31. The van der Waals surface area contributed by atoms with Crippen molar-refractivity contribution in [3.8, 4) is 11.3 Å². The monoisotopic (exact) mass is 316 g/mol. The first-order valence-electron chi connectivity index (χ1n) is 6.35. The SMILES string of the molecule is Cl.Fc1ccc(-c2csc(C3CCNCC3)n2)cc1F. The van der Waals surface area contributed by atoms with Crippen LogP contribution in [0.3, 0.4) is 0 Å². The lowest BCUT2D eigenvalue weighted by molar-refractivity contribution is 0.459. The van der Waals surface area contributed by atoms with Gasteiger partial charge in [-0.3, -0.25) is 0 Å². The lowest BCUT2D eigenvalue weighted by atomic mass is 9.99. The van der Waals surface area contributed by atoms with Gasteiger partial charge in [0.05, 0.1) is 10.7 Å². The molecule has 0 unspecified atom stereocenters. The molecule has 108 valence electrons. The Labute approximate surface area is 126 Å². The summed E-state index contributed by atoms with van der Waals surface area (Å²) in [4.78, 5) is 4.58. The van der Waals surface area contributed by atoms with Crippen LogP contribution in [0, 0.1) is 11.6 Å². The van der Waals surface area contributed by atoms with E-state index in [1.54, 1.807) is 17.4 Å². The van der Waals surface area contributed by atoms with Crippen molar-refractivity contribution in [3.63, 3.8) is 0 Å². The highest BCUT2D eigenvalue weighted by atomic mass is 35.5. The highest BCUT2D eigenvalue weighted by molar-refractivity contribution is 7.10. The molecule has 0 atom stereocenters. The maximum atomic E-state index is 13.2. The van der Waals surface area contributed by atoms with Gasteiger partial charge in [-0.05, 0) is 44.1 Å². The summed E-state index contributed by atoms with van der Waals surface area (Å²) in [7, 11) is 0. The van der Waals surface area contributed by atoms with Crippen molar-refractivity contribution in [2.45, 2.75) is 18.8 Å². The van der Waals surface area contributed by atoms with Crippen LogP contribution in [0.4, 0.5) is 8.78 Å². The summed E-state index contributed by atoms with van der Waals surface area (Å²) < 4.78 is 26.1. The van der Waals surface area contributed by atoms with Gasteiger partial charge in [0.25, 0.3) is 0 Å². The zero-order chi connectivity index (χ0) is 13.2. The number of hydrogen-bond acceptors (Lipinski definition) is 3. The van der Waals surface area contributed by atoms with Gasteiger partial charge in [-0.15, -0.1) is 23.7 Å². The Hall–Kier alpha value is -1.04. The van der Waals surface area contributed by atoms with Crippen LogP contribution in [-0.4, -0.2) is 18.1 Å². The number of benzene rings is 1. The third-order valence-corrected chi connectivity index (χ3v) is 4.43. The van der Waals surface area contributed by atoms with Crippen molar-refractivity contribution in [1.29, 1.82) is 0 Å². The van der Waals surface area contributed by atoms with Crippen LogP contribution in [-0.2, 0) is 0 Å². The topological polar surface area (TPSA) is 24.9 Å². The van der Waals surface area contributed by atoms with Crippen molar-refractivity contribution in [2.24, 2.45) is 0 Å². The Balaban J connectivity index is 0.00000147. The molecule has 0 amide bonds. The van der Waals surface area contributed by atoms with E-state index >= 15 is 0 Å². The quantitative estimate of drug-likeness (QED) is 0.906. The predicted molar refractivity (Wildman–Crippen MR) is 79.6 cm³/mol. The second kappa shape index (κ2) is 6.61. The number of hydrogen-bond donors (Lipinski definition) is 1. The second-order valence-corrected chi connectivity index (χ2v) is 5.61. The fraction of sp³-hybridized carbons (Fsp3) is 0.357. The second-order valence-electron chi connectivity index (χ2n) is 4.72. The standard InChI is InChI=1S/C14H14F2N2S.ClH/c15-11-2-1-10(7-12(11)16)13-8-19-14(18-13)9-3-5-17-6-4-9;/h1-2,7-9,17H,3-6H2;1H. The van der Waals surface area contributed by atoms with E-state index in [0.717, 1.165) is 42.7 Å². The first-order chi connectivity index (χ1) is 9.24. The van der Waals surface area contributed by atoms with Gasteiger partial charge < -0.3 is 5.32 Å². The van der Waals surface area contributed by atoms with E-state index in [2.05, 4.69) is 10.3 Å². The minimum Gasteiger partial charge on any atom is -0.317 e. The molecule has 1 fully saturated rings. The molecule has 1 aliphatic rings. The number of nitrogens with one attached hydrogen (secondary N) is 1. The number of rotatable bonds is 2. The minimum absolute atomic E-state index is 0. The molecule has 6 heteroatoms. The Bertz CT molecular complexity index is 582. The zero-order valence-corrected chi connectivity index (χ0v) is 12.4. The molecule has 0 saturated carbocycles. The number of nitrogens with zero attached hydrogens (tertiary/aromatic N) is 1. The van der Waals surface area contributed by atoms with Gasteiger partial charge in [-0.2, -0.15) is 0 Å². The molecular weight excluding hydrogens is 302 g/mol. The first-order valence-corrected chi connectivity index (χ1v) is 7.23. The molecule has 0 spiro atoms. The normalized spacial score (nSPS) is 15.9. The molecular formula is C14H15ClF2N2S. The van der Waals surface area contributed by atoms with E-state index in [4.69, 9.17) is 0 Å². The van der Waals surface area contributed by atoms with Gasteiger partial charge in [-0.25, -0.2) is 13.8 Å². The molecule has 1 N–H and O–H groups in total. The first kappa shape index (κ1) is 15.4. The summed E-state index contributed by atoms with van der Waals surface area (Å²) >= 11 is 1.61. The molecule has 0 aliphatic carbocycles. The van der Waals surface area contributed by atoms with Crippen molar-refractivity contribution < 1.29 is 8.78 Å². The molecule has 3 rings (SSSR count). The van der Waals surface area contributed by atoms with Crippen LogP contribution in [0.2, 0.25) is 0 Å².